The van der Waals surface area contributed by atoms with Crippen molar-refractivity contribution in [2.45, 2.75) is 52.2 Å². The van der Waals surface area contributed by atoms with Gasteiger partial charge in [-0.2, -0.15) is 0 Å². The van der Waals surface area contributed by atoms with E-state index in [9.17, 15) is 0 Å². The topological polar surface area (TPSA) is 48.9 Å². The van der Waals surface area contributed by atoms with Crippen LogP contribution in [0.5, 0.6) is 0 Å². The number of guanidine groups is 1. The van der Waals surface area contributed by atoms with E-state index in [4.69, 9.17) is 4.74 Å². The SMILES string of the molecule is CCOC1CCN(C(=NC)NCCNC(C)(C)C)CC1.I. The second-order valence-corrected chi connectivity index (χ2v) is 6.29. The van der Waals surface area contributed by atoms with Crippen molar-refractivity contribution >= 4 is 29.9 Å². The average molecular weight is 412 g/mol. The summed E-state index contributed by atoms with van der Waals surface area (Å²) in [7, 11) is 1.86. The number of halogens is 1. The Labute approximate surface area is 147 Å². The highest BCUT2D eigenvalue weighted by atomic mass is 127. The van der Waals surface area contributed by atoms with E-state index in [2.05, 4.69) is 48.2 Å². The Kier molecular flexibility index (Phi) is 10.6. The van der Waals surface area contributed by atoms with E-state index in [-0.39, 0.29) is 29.5 Å². The van der Waals surface area contributed by atoms with Crippen molar-refractivity contribution in [3.05, 3.63) is 0 Å². The summed E-state index contributed by atoms with van der Waals surface area (Å²) in [5.74, 6) is 1.01. The predicted octanol–water partition coefficient (Wildman–Crippen LogP) is 2.07. The number of likely N-dealkylation sites (tertiary alicyclic amines) is 1. The molecule has 1 fully saturated rings. The number of aliphatic imine (C=N–C) groups is 1. The van der Waals surface area contributed by atoms with Gasteiger partial charge in [0.1, 0.15) is 0 Å². The zero-order valence-electron chi connectivity index (χ0n) is 14.2. The fraction of sp³-hybridized carbons (Fsp3) is 0.933. The molecule has 0 bridgehead atoms. The molecule has 0 amide bonds. The number of hydrogen-bond acceptors (Lipinski definition) is 3. The molecule has 1 aliphatic heterocycles. The Balaban J connectivity index is 0.00000400. The number of piperidine rings is 1. The van der Waals surface area contributed by atoms with E-state index in [1.165, 1.54) is 0 Å². The molecule has 5 nitrogen and oxygen atoms in total. The molecule has 21 heavy (non-hydrogen) atoms. The van der Waals surface area contributed by atoms with Crippen molar-refractivity contribution in [3.8, 4) is 0 Å². The summed E-state index contributed by atoms with van der Waals surface area (Å²) in [6, 6.07) is 0. The number of ether oxygens (including phenoxy) is 1. The summed E-state index contributed by atoms with van der Waals surface area (Å²) in [6.07, 6.45) is 2.61. The molecular weight excluding hydrogens is 379 g/mol. The molecule has 0 aromatic heterocycles. The van der Waals surface area contributed by atoms with Gasteiger partial charge in [-0.05, 0) is 40.5 Å². The van der Waals surface area contributed by atoms with Crippen molar-refractivity contribution in [3.63, 3.8) is 0 Å². The van der Waals surface area contributed by atoms with Crippen LogP contribution in [0, 0.1) is 0 Å². The third kappa shape index (κ3) is 8.83. The lowest BCUT2D eigenvalue weighted by molar-refractivity contribution is 0.0264. The van der Waals surface area contributed by atoms with Crippen LogP contribution in [0.1, 0.15) is 40.5 Å². The molecule has 0 atom stereocenters. The molecule has 0 unspecified atom stereocenters. The fourth-order valence-corrected chi connectivity index (χ4v) is 2.41. The van der Waals surface area contributed by atoms with Crippen LogP contribution in [-0.2, 0) is 4.74 Å². The normalized spacial score (nSPS) is 17.6. The van der Waals surface area contributed by atoms with E-state index in [0.29, 0.717) is 6.10 Å². The number of nitrogens with zero attached hydrogens (tertiary/aromatic N) is 2. The Bertz CT molecular complexity index is 297. The van der Waals surface area contributed by atoms with Gasteiger partial charge in [0.25, 0.3) is 0 Å². The number of nitrogens with one attached hydrogen (secondary N) is 2. The molecule has 0 radical (unpaired) electrons. The first-order valence-electron chi connectivity index (χ1n) is 7.78. The van der Waals surface area contributed by atoms with E-state index in [1.54, 1.807) is 0 Å². The standard InChI is InChI=1S/C15H32N4O.HI/c1-6-20-13-7-11-19(12-8-13)14(16-5)17-9-10-18-15(2,3)4;/h13,18H,6-12H2,1-5H3,(H,16,17);1H. The first-order chi connectivity index (χ1) is 9.46. The summed E-state index contributed by atoms with van der Waals surface area (Å²) in [4.78, 5) is 6.71. The van der Waals surface area contributed by atoms with Crippen LogP contribution in [0.3, 0.4) is 0 Å². The molecule has 0 saturated carbocycles. The Morgan fingerprint density at radius 1 is 1.24 bits per heavy atom. The maximum absolute atomic E-state index is 5.68. The second kappa shape index (κ2) is 10.6. The van der Waals surface area contributed by atoms with Crippen LogP contribution in [0.15, 0.2) is 4.99 Å². The molecule has 1 saturated heterocycles. The zero-order valence-corrected chi connectivity index (χ0v) is 16.6. The molecule has 0 aromatic rings. The predicted molar refractivity (Wildman–Crippen MR) is 101 cm³/mol. The van der Waals surface area contributed by atoms with Crippen LogP contribution in [0.4, 0.5) is 0 Å². The maximum atomic E-state index is 5.68. The molecular formula is C15H33IN4O. The van der Waals surface area contributed by atoms with Gasteiger partial charge >= 0.3 is 0 Å². The van der Waals surface area contributed by atoms with Crippen molar-refractivity contribution < 1.29 is 4.74 Å². The molecule has 6 heteroatoms. The first-order valence-corrected chi connectivity index (χ1v) is 7.78. The highest BCUT2D eigenvalue weighted by Crippen LogP contribution is 2.13. The van der Waals surface area contributed by atoms with Crippen LogP contribution < -0.4 is 10.6 Å². The second-order valence-electron chi connectivity index (χ2n) is 6.29. The van der Waals surface area contributed by atoms with Crippen molar-refractivity contribution in [2.24, 2.45) is 4.99 Å². The summed E-state index contributed by atoms with van der Waals surface area (Å²) in [5.41, 5.74) is 0.168. The van der Waals surface area contributed by atoms with Gasteiger partial charge in [-0.15, -0.1) is 24.0 Å². The molecule has 1 heterocycles. The van der Waals surface area contributed by atoms with E-state index in [1.807, 2.05) is 7.05 Å². The van der Waals surface area contributed by atoms with Gasteiger partial charge in [-0.1, -0.05) is 0 Å². The quantitative estimate of drug-likeness (QED) is 0.314. The first kappa shape index (κ1) is 20.9. The van der Waals surface area contributed by atoms with E-state index >= 15 is 0 Å². The van der Waals surface area contributed by atoms with Gasteiger partial charge in [-0.25, -0.2) is 0 Å². The molecule has 1 aliphatic rings. The summed E-state index contributed by atoms with van der Waals surface area (Å²) >= 11 is 0. The molecule has 0 aliphatic carbocycles. The van der Waals surface area contributed by atoms with Crippen LogP contribution in [-0.4, -0.2) is 62.3 Å². The van der Waals surface area contributed by atoms with Gasteiger partial charge in [0.15, 0.2) is 5.96 Å². The summed E-state index contributed by atoms with van der Waals surface area (Å²) < 4.78 is 5.68. The van der Waals surface area contributed by atoms with Crippen LogP contribution in [0.25, 0.3) is 0 Å². The largest absolute Gasteiger partial charge is 0.378 e. The highest BCUT2D eigenvalue weighted by molar-refractivity contribution is 14.0. The van der Waals surface area contributed by atoms with E-state index in [0.717, 1.165) is 51.6 Å². The third-order valence-electron chi connectivity index (χ3n) is 3.42. The minimum atomic E-state index is 0. The summed E-state index contributed by atoms with van der Waals surface area (Å²) in [5, 5.41) is 6.90. The van der Waals surface area contributed by atoms with Gasteiger partial charge < -0.3 is 20.3 Å². The molecule has 0 aromatic carbocycles. The van der Waals surface area contributed by atoms with Crippen molar-refractivity contribution in [2.75, 3.05) is 39.8 Å². The molecule has 2 N–H and O–H groups in total. The number of hydrogen-bond donors (Lipinski definition) is 2. The smallest absolute Gasteiger partial charge is 0.193 e. The van der Waals surface area contributed by atoms with Crippen molar-refractivity contribution in [1.82, 2.24) is 15.5 Å². The number of rotatable bonds is 5. The lowest BCUT2D eigenvalue weighted by atomic mass is 10.1. The zero-order chi connectivity index (χ0) is 15.0. The average Bonchev–Trinajstić information content (AvgIpc) is 2.39. The third-order valence-corrected chi connectivity index (χ3v) is 3.42. The van der Waals surface area contributed by atoms with Crippen LogP contribution in [0.2, 0.25) is 0 Å². The van der Waals surface area contributed by atoms with Crippen LogP contribution >= 0.6 is 24.0 Å². The van der Waals surface area contributed by atoms with Gasteiger partial charge in [0.05, 0.1) is 6.10 Å². The molecule has 0 spiro atoms. The lowest BCUT2D eigenvalue weighted by Crippen LogP contribution is -2.49. The summed E-state index contributed by atoms with van der Waals surface area (Å²) in [6.45, 7) is 13.3. The lowest BCUT2D eigenvalue weighted by Gasteiger charge is -2.34. The Morgan fingerprint density at radius 3 is 2.33 bits per heavy atom. The highest BCUT2D eigenvalue weighted by Gasteiger charge is 2.21. The van der Waals surface area contributed by atoms with Gasteiger partial charge in [0.2, 0.25) is 0 Å². The molecule has 1 rings (SSSR count). The molecule has 126 valence electrons. The van der Waals surface area contributed by atoms with Gasteiger partial charge in [-0.3, -0.25) is 4.99 Å². The Morgan fingerprint density at radius 2 is 1.86 bits per heavy atom. The van der Waals surface area contributed by atoms with Gasteiger partial charge in [0, 0.05) is 45.4 Å². The minimum absolute atomic E-state index is 0. The minimum Gasteiger partial charge on any atom is -0.378 e. The monoisotopic (exact) mass is 412 g/mol. The fourth-order valence-electron chi connectivity index (χ4n) is 2.41. The Hall–Kier alpha value is -0.0800. The van der Waals surface area contributed by atoms with Crippen molar-refractivity contribution in [1.29, 1.82) is 0 Å². The van der Waals surface area contributed by atoms with E-state index < -0.39 is 0 Å². The maximum Gasteiger partial charge on any atom is 0.193 e.